The predicted molar refractivity (Wildman–Crippen MR) is 94.4 cm³/mol. The van der Waals surface area contributed by atoms with Gasteiger partial charge >= 0.3 is 0 Å². The minimum absolute atomic E-state index is 0.245. The highest BCUT2D eigenvalue weighted by molar-refractivity contribution is 7.98. The summed E-state index contributed by atoms with van der Waals surface area (Å²) in [4.78, 5) is 11.9. The number of hydrogen-bond donors (Lipinski definition) is 1. The molecule has 0 unspecified atom stereocenters. The van der Waals surface area contributed by atoms with Gasteiger partial charge in [0.2, 0.25) is 0 Å². The Kier molecular flexibility index (Phi) is 5.39. The van der Waals surface area contributed by atoms with E-state index >= 15 is 0 Å². The Bertz CT molecular complexity index is 828. The average molecular weight is 358 g/mol. The topological polar surface area (TPSA) is 82.2 Å². The summed E-state index contributed by atoms with van der Waals surface area (Å²) >= 11 is 1.51. The lowest BCUT2D eigenvalue weighted by Crippen LogP contribution is -2.26. The predicted octanol–water partition coefficient (Wildman–Crippen LogP) is 2.56. The number of nitrogens with zero attached hydrogens (tertiary/aromatic N) is 3. The molecule has 0 radical (unpaired) electrons. The summed E-state index contributed by atoms with van der Waals surface area (Å²) in [6.07, 6.45) is 3.97. The lowest BCUT2D eigenvalue weighted by Gasteiger charge is -2.10. The number of thioether (sulfide) groups is 1. The van der Waals surface area contributed by atoms with Gasteiger partial charge in [0, 0.05) is 18.7 Å². The highest BCUT2D eigenvalue weighted by atomic mass is 32.2. The SMILES string of the molecule is COc1ccc(-n2c(CCNC(=O)c3ccco3)nnc2SC)cc1. The number of benzene rings is 1. The van der Waals surface area contributed by atoms with E-state index in [1.54, 1.807) is 19.2 Å². The van der Waals surface area contributed by atoms with Gasteiger partial charge in [0.1, 0.15) is 11.6 Å². The molecule has 3 rings (SSSR count). The lowest BCUT2D eigenvalue weighted by atomic mass is 10.3. The molecule has 25 heavy (non-hydrogen) atoms. The number of hydrogen-bond acceptors (Lipinski definition) is 6. The average Bonchev–Trinajstić information content (AvgIpc) is 3.31. The van der Waals surface area contributed by atoms with E-state index in [-0.39, 0.29) is 5.91 Å². The van der Waals surface area contributed by atoms with Crippen molar-refractivity contribution in [1.29, 1.82) is 0 Å². The van der Waals surface area contributed by atoms with Crippen LogP contribution in [0.4, 0.5) is 0 Å². The van der Waals surface area contributed by atoms with E-state index in [0.29, 0.717) is 18.7 Å². The largest absolute Gasteiger partial charge is 0.497 e. The van der Waals surface area contributed by atoms with Crippen LogP contribution in [0.15, 0.2) is 52.2 Å². The molecule has 0 atom stereocenters. The van der Waals surface area contributed by atoms with Crippen molar-refractivity contribution < 1.29 is 13.9 Å². The number of furan rings is 1. The summed E-state index contributed by atoms with van der Waals surface area (Å²) in [6.45, 7) is 0.433. The van der Waals surface area contributed by atoms with Crippen LogP contribution in [-0.4, -0.2) is 40.6 Å². The first-order chi connectivity index (χ1) is 12.2. The van der Waals surface area contributed by atoms with Gasteiger partial charge in [-0.05, 0) is 42.7 Å². The second-order valence-corrected chi connectivity index (χ2v) is 5.89. The van der Waals surface area contributed by atoms with Crippen molar-refractivity contribution in [2.45, 2.75) is 11.6 Å². The molecule has 0 aliphatic heterocycles. The van der Waals surface area contributed by atoms with Crippen molar-refractivity contribution in [2.24, 2.45) is 0 Å². The zero-order valence-corrected chi connectivity index (χ0v) is 14.7. The minimum Gasteiger partial charge on any atom is -0.497 e. The molecule has 0 saturated carbocycles. The van der Waals surface area contributed by atoms with Crippen LogP contribution >= 0.6 is 11.8 Å². The van der Waals surface area contributed by atoms with Gasteiger partial charge in [0.15, 0.2) is 10.9 Å². The fraction of sp³-hybridized carbons (Fsp3) is 0.235. The van der Waals surface area contributed by atoms with Crippen molar-refractivity contribution in [2.75, 3.05) is 19.9 Å². The third kappa shape index (κ3) is 3.85. The number of carbonyl (C=O) groups is 1. The highest BCUT2D eigenvalue weighted by Crippen LogP contribution is 2.22. The van der Waals surface area contributed by atoms with Gasteiger partial charge in [-0.3, -0.25) is 9.36 Å². The van der Waals surface area contributed by atoms with Crippen LogP contribution in [0.2, 0.25) is 0 Å². The van der Waals surface area contributed by atoms with Crippen molar-refractivity contribution >= 4 is 17.7 Å². The van der Waals surface area contributed by atoms with Crippen molar-refractivity contribution in [3.05, 3.63) is 54.2 Å². The van der Waals surface area contributed by atoms with Gasteiger partial charge in [0.25, 0.3) is 5.91 Å². The maximum atomic E-state index is 11.9. The van der Waals surface area contributed by atoms with Crippen LogP contribution < -0.4 is 10.1 Å². The molecule has 8 heteroatoms. The number of carbonyl (C=O) groups excluding carboxylic acids is 1. The number of methoxy groups -OCH3 is 1. The highest BCUT2D eigenvalue weighted by Gasteiger charge is 2.14. The van der Waals surface area contributed by atoms with Crippen LogP contribution in [0.25, 0.3) is 5.69 Å². The number of amides is 1. The molecule has 130 valence electrons. The van der Waals surface area contributed by atoms with E-state index in [4.69, 9.17) is 9.15 Å². The van der Waals surface area contributed by atoms with Gasteiger partial charge in [-0.25, -0.2) is 0 Å². The van der Waals surface area contributed by atoms with Gasteiger partial charge in [-0.1, -0.05) is 11.8 Å². The Morgan fingerprint density at radius 2 is 2.08 bits per heavy atom. The van der Waals surface area contributed by atoms with Crippen LogP contribution in [0, 0.1) is 0 Å². The first kappa shape index (κ1) is 17.1. The summed E-state index contributed by atoms with van der Waals surface area (Å²) in [7, 11) is 1.63. The fourth-order valence-corrected chi connectivity index (χ4v) is 2.88. The zero-order valence-electron chi connectivity index (χ0n) is 13.9. The zero-order chi connectivity index (χ0) is 17.6. The van der Waals surface area contributed by atoms with E-state index in [9.17, 15) is 4.79 Å². The molecule has 1 aromatic carbocycles. The molecule has 0 aliphatic rings. The summed E-state index contributed by atoms with van der Waals surface area (Å²) in [5.41, 5.74) is 0.947. The fourth-order valence-electron chi connectivity index (χ4n) is 2.37. The van der Waals surface area contributed by atoms with E-state index in [2.05, 4.69) is 15.5 Å². The molecule has 3 aromatic rings. The van der Waals surface area contributed by atoms with Crippen LogP contribution in [0.1, 0.15) is 16.4 Å². The Balaban J connectivity index is 1.73. The minimum atomic E-state index is -0.245. The van der Waals surface area contributed by atoms with Crippen molar-refractivity contribution in [3.8, 4) is 11.4 Å². The lowest BCUT2D eigenvalue weighted by molar-refractivity contribution is 0.0926. The molecule has 2 heterocycles. The van der Waals surface area contributed by atoms with Crippen LogP contribution in [-0.2, 0) is 6.42 Å². The van der Waals surface area contributed by atoms with E-state index in [1.807, 2.05) is 35.1 Å². The molecule has 0 bridgehead atoms. The quantitative estimate of drug-likeness (QED) is 0.654. The third-order valence-corrected chi connectivity index (χ3v) is 4.22. The summed E-state index contributed by atoms with van der Waals surface area (Å²) in [5, 5.41) is 12.1. The summed E-state index contributed by atoms with van der Waals surface area (Å²) in [6, 6.07) is 11.0. The van der Waals surface area contributed by atoms with Crippen LogP contribution in [0.5, 0.6) is 5.75 Å². The molecule has 0 fully saturated rings. The standard InChI is InChI=1S/C17H18N4O3S/c1-23-13-7-5-12(6-8-13)21-15(19-20-17(21)25-2)9-10-18-16(22)14-4-3-11-24-14/h3-8,11H,9-10H2,1-2H3,(H,18,22). The molecular weight excluding hydrogens is 340 g/mol. The molecule has 1 amide bonds. The van der Waals surface area contributed by atoms with E-state index in [1.165, 1.54) is 18.0 Å². The monoisotopic (exact) mass is 358 g/mol. The maximum absolute atomic E-state index is 11.9. The molecule has 0 aliphatic carbocycles. The van der Waals surface area contributed by atoms with Crippen molar-refractivity contribution in [3.63, 3.8) is 0 Å². The Labute approximate surface area is 149 Å². The number of rotatable bonds is 7. The first-order valence-corrected chi connectivity index (χ1v) is 8.90. The molecule has 0 saturated heterocycles. The number of nitrogens with one attached hydrogen (secondary N) is 1. The molecule has 0 spiro atoms. The molecule has 2 aromatic heterocycles. The van der Waals surface area contributed by atoms with Crippen molar-refractivity contribution in [1.82, 2.24) is 20.1 Å². The van der Waals surface area contributed by atoms with Gasteiger partial charge in [-0.15, -0.1) is 10.2 Å². The normalized spacial score (nSPS) is 10.6. The Hall–Kier alpha value is -2.74. The van der Waals surface area contributed by atoms with E-state index < -0.39 is 0 Å². The molecular formula is C17H18N4O3S. The summed E-state index contributed by atoms with van der Waals surface area (Å²) < 4.78 is 12.2. The second kappa shape index (κ2) is 7.89. The number of aromatic nitrogens is 3. The van der Waals surface area contributed by atoms with Gasteiger partial charge in [-0.2, -0.15) is 0 Å². The number of ether oxygens (including phenoxy) is 1. The Morgan fingerprint density at radius 3 is 2.72 bits per heavy atom. The smallest absolute Gasteiger partial charge is 0.286 e. The summed E-state index contributed by atoms with van der Waals surface area (Å²) in [5.74, 6) is 1.61. The maximum Gasteiger partial charge on any atom is 0.286 e. The van der Waals surface area contributed by atoms with Gasteiger partial charge < -0.3 is 14.5 Å². The third-order valence-electron chi connectivity index (χ3n) is 3.59. The van der Waals surface area contributed by atoms with Gasteiger partial charge in [0.05, 0.1) is 13.4 Å². The molecule has 1 N–H and O–H groups in total. The Morgan fingerprint density at radius 1 is 1.28 bits per heavy atom. The molecule has 7 nitrogen and oxygen atoms in total. The van der Waals surface area contributed by atoms with E-state index in [0.717, 1.165) is 22.4 Å². The second-order valence-electron chi connectivity index (χ2n) is 5.12. The van der Waals surface area contributed by atoms with Crippen LogP contribution in [0.3, 0.4) is 0 Å². The first-order valence-electron chi connectivity index (χ1n) is 7.67.